The van der Waals surface area contributed by atoms with E-state index in [4.69, 9.17) is 4.74 Å². The second-order valence-electron chi connectivity index (χ2n) is 7.57. The number of alkyl halides is 3. The number of piperazine rings is 1. The molecular weight excluding hydrogens is 411 g/mol. The van der Waals surface area contributed by atoms with E-state index >= 15 is 0 Å². The highest BCUT2D eigenvalue weighted by atomic mass is 19.4. The van der Waals surface area contributed by atoms with E-state index in [1.54, 1.807) is 32.9 Å². The van der Waals surface area contributed by atoms with Crippen LogP contribution in [0.15, 0.2) is 48.5 Å². The zero-order valence-electron chi connectivity index (χ0n) is 17.4. The summed E-state index contributed by atoms with van der Waals surface area (Å²) >= 11 is 0. The van der Waals surface area contributed by atoms with Crippen LogP contribution in [0.5, 0.6) is 11.5 Å². The Labute approximate surface area is 178 Å². The van der Waals surface area contributed by atoms with Gasteiger partial charge in [0, 0.05) is 31.7 Å². The zero-order chi connectivity index (χ0) is 22.6. The van der Waals surface area contributed by atoms with Crippen LogP contribution in [0.3, 0.4) is 0 Å². The molecule has 9 heteroatoms. The van der Waals surface area contributed by atoms with Gasteiger partial charge >= 0.3 is 6.18 Å². The lowest BCUT2D eigenvalue weighted by Gasteiger charge is -2.35. The van der Waals surface area contributed by atoms with Crippen LogP contribution in [0.1, 0.15) is 15.9 Å². The molecule has 1 saturated heterocycles. The number of benzene rings is 2. The number of likely N-dealkylation sites (N-methyl/N-ethyl adjacent to an activating group) is 1. The topological polar surface area (TPSA) is 53.1 Å². The summed E-state index contributed by atoms with van der Waals surface area (Å²) in [6, 6.07) is 10.9. The molecule has 31 heavy (non-hydrogen) atoms. The van der Waals surface area contributed by atoms with Gasteiger partial charge in [0.25, 0.3) is 5.91 Å². The van der Waals surface area contributed by atoms with E-state index in [1.165, 1.54) is 18.2 Å². The van der Waals surface area contributed by atoms with Crippen LogP contribution in [0.25, 0.3) is 0 Å². The number of halogens is 3. The second-order valence-corrected chi connectivity index (χ2v) is 7.57. The van der Waals surface area contributed by atoms with Gasteiger partial charge in [-0.05, 0) is 50.5 Å². The maximum absolute atomic E-state index is 12.9. The summed E-state index contributed by atoms with van der Waals surface area (Å²) in [6.45, 7) is 2.06. The van der Waals surface area contributed by atoms with Gasteiger partial charge in [-0.25, -0.2) is 0 Å². The number of carbonyl (C=O) groups excluding carboxylic acids is 2. The monoisotopic (exact) mass is 435 g/mol. The first-order valence-corrected chi connectivity index (χ1v) is 9.80. The highest BCUT2D eigenvalue weighted by Gasteiger charge is 2.30. The van der Waals surface area contributed by atoms with Gasteiger partial charge in [0.2, 0.25) is 5.91 Å². The molecule has 0 bridgehead atoms. The van der Waals surface area contributed by atoms with Crippen molar-refractivity contribution in [3.05, 3.63) is 59.7 Å². The first kappa shape index (κ1) is 22.6. The van der Waals surface area contributed by atoms with Crippen LogP contribution in [0.2, 0.25) is 0 Å². The van der Waals surface area contributed by atoms with E-state index in [0.717, 1.165) is 12.1 Å². The maximum atomic E-state index is 12.9. The van der Waals surface area contributed by atoms with Crippen LogP contribution in [-0.2, 0) is 11.0 Å². The van der Waals surface area contributed by atoms with Crippen molar-refractivity contribution in [2.24, 2.45) is 0 Å². The molecule has 0 aliphatic carbocycles. The number of hydrogen-bond acceptors (Lipinski definition) is 4. The normalized spacial score (nSPS) is 14.6. The van der Waals surface area contributed by atoms with E-state index < -0.39 is 11.7 Å². The van der Waals surface area contributed by atoms with E-state index in [-0.39, 0.29) is 23.3 Å². The highest BCUT2D eigenvalue weighted by molar-refractivity contribution is 5.94. The Morgan fingerprint density at radius 3 is 2.13 bits per heavy atom. The molecule has 166 valence electrons. The molecule has 0 spiro atoms. The van der Waals surface area contributed by atoms with Crippen LogP contribution in [0, 0.1) is 0 Å². The number of amides is 2. The van der Waals surface area contributed by atoms with E-state index in [0.29, 0.717) is 38.3 Å². The van der Waals surface area contributed by atoms with Crippen LogP contribution >= 0.6 is 0 Å². The Bertz CT molecular complexity index is 939. The number of carbonyl (C=O) groups is 2. The second kappa shape index (κ2) is 9.38. The average molecular weight is 435 g/mol. The fraction of sp³-hybridized carbons (Fsp3) is 0.364. The van der Waals surface area contributed by atoms with Gasteiger partial charge in [-0.2, -0.15) is 13.2 Å². The lowest BCUT2D eigenvalue weighted by atomic mass is 10.1. The van der Waals surface area contributed by atoms with Crippen molar-refractivity contribution < 1.29 is 27.5 Å². The Morgan fingerprint density at radius 2 is 1.52 bits per heavy atom. The van der Waals surface area contributed by atoms with Crippen molar-refractivity contribution in [1.29, 1.82) is 0 Å². The first-order valence-electron chi connectivity index (χ1n) is 9.80. The van der Waals surface area contributed by atoms with E-state index in [1.807, 2.05) is 14.1 Å². The van der Waals surface area contributed by atoms with Crippen molar-refractivity contribution >= 4 is 11.8 Å². The van der Waals surface area contributed by atoms with Crippen LogP contribution in [0.4, 0.5) is 13.2 Å². The minimum absolute atomic E-state index is 0.0218. The summed E-state index contributed by atoms with van der Waals surface area (Å²) in [5, 5.41) is 0. The molecular formula is C22H24F3N3O3. The predicted molar refractivity (Wildman–Crippen MR) is 109 cm³/mol. The molecule has 2 aromatic rings. The van der Waals surface area contributed by atoms with Gasteiger partial charge in [-0.15, -0.1) is 0 Å². The summed E-state index contributed by atoms with van der Waals surface area (Å²) in [5.41, 5.74) is -0.434. The van der Waals surface area contributed by atoms with Gasteiger partial charge < -0.3 is 19.4 Å². The minimum atomic E-state index is -4.47. The van der Waals surface area contributed by atoms with Gasteiger partial charge in [-0.3, -0.25) is 9.59 Å². The molecule has 0 radical (unpaired) electrons. The van der Waals surface area contributed by atoms with Crippen molar-refractivity contribution in [3.8, 4) is 11.5 Å². The molecule has 0 aromatic heterocycles. The van der Waals surface area contributed by atoms with Crippen molar-refractivity contribution in [2.45, 2.75) is 6.18 Å². The maximum Gasteiger partial charge on any atom is 0.416 e. The number of nitrogens with zero attached hydrogens (tertiary/aromatic N) is 3. The van der Waals surface area contributed by atoms with Gasteiger partial charge in [0.05, 0.1) is 12.1 Å². The van der Waals surface area contributed by atoms with E-state index in [2.05, 4.69) is 0 Å². The lowest BCUT2D eigenvalue weighted by Crippen LogP contribution is -2.52. The summed E-state index contributed by atoms with van der Waals surface area (Å²) < 4.78 is 44.2. The summed E-state index contributed by atoms with van der Waals surface area (Å²) in [6.07, 6.45) is -4.47. The molecule has 0 N–H and O–H groups in total. The molecule has 0 saturated carbocycles. The summed E-state index contributed by atoms with van der Waals surface area (Å²) in [4.78, 5) is 30.2. The molecule has 3 rings (SSSR count). The molecule has 0 unspecified atom stereocenters. The SMILES string of the molecule is CN(C)CC(=O)N1CCN(C(=O)c2cccc(Oc3cccc(C(F)(F)F)c3)c2)CC1. The fourth-order valence-electron chi connectivity index (χ4n) is 3.28. The molecule has 1 heterocycles. The van der Waals surface area contributed by atoms with Crippen molar-refractivity contribution in [1.82, 2.24) is 14.7 Å². The first-order chi connectivity index (χ1) is 14.6. The molecule has 1 aliphatic rings. The van der Waals surface area contributed by atoms with E-state index in [9.17, 15) is 22.8 Å². The Hall–Kier alpha value is -3.07. The third-order valence-corrected chi connectivity index (χ3v) is 4.85. The third kappa shape index (κ3) is 5.97. The minimum Gasteiger partial charge on any atom is -0.457 e. The standard InChI is InChI=1S/C22H24F3N3O3/c1-26(2)15-20(29)27-9-11-28(12-10-27)21(30)16-5-3-7-18(13-16)31-19-8-4-6-17(14-19)22(23,24)25/h3-8,13-14H,9-12,15H2,1-2H3. The third-order valence-electron chi connectivity index (χ3n) is 4.85. The summed E-state index contributed by atoms with van der Waals surface area (Å²) in [5.74, 6) is 0.111. The molecule has 0 atom stereocenters. The molecule has 1 aliphatic heterocycles. The Kier molecular flexibility index (Phi) is 6.84. The Balaban J connectivity index is 1.64. The smallest absolute Gasteiger partial charge is 0.416 e. The predicted octanol–water partition coefficient (Wildman–Crippen LogP) is 3.34. The number of ether oxygens (including phenoxy) is 1. The number of hydrogen-bond donors (Lipinski definition) is 0. The van der Waals surface area contributed by atoms with Crippen LogP contribution in [-0.4, -0.2) is 73.3 Å². The van der Waals surface area contributed by atoms with Crippen LogP contribution < -0.4 is 4.74 Å². The van der Waals surface area contributed by atoms with Gasteiger partial charge in [0.1, 0.15) is 11.5 Å². The fourth-order valence-corrected chi connectivity index (χ4v) is 3.28. The quantitative estimate of drug-likeness (QED) is 0.723. The molecule has 2 amide bonds. The van der Waals surface area contributed by atoms with Crippen molar-refractivity contribution in [2.75, 3.05) is 46.8 Å². The average Bonchev–Trinajstić information content (AvgIpc) is 2.72. The molecule has 6 nitrogen and oxygen atoms in total. The number of rotatable bonds is 5. The van der Waals surface area contributed by atoms with Gasteiger partial charge in [-0.1, -0.05) is 12.1 Å². The highest BCUT2D eigenvalue weighted by Crippen LogP contribution is 2.32. The van der Waals surface area contributed by atoms with Gasteiger partial charge in [0.15, 0.2) is 0 Å². The molecule has 1 fully saturated rings. The summed E-state index contributed by atoms with van der Waals surface area (Å²) in [7, 11) is 3.65. The Morgan fingerprint density at radius 1 is 0.935 bits per heavy atom. The zero-order valence-corrected chi connectivity index (χ0v) is 17.4. The lowest BCUT2D eigenvalue weighted by molar-refractivity contribution is -0.137. The molecule has 2 aromatic carbocycles. The largest absolute Gasteiger partial charge is 0.457 e. The van der Waals surface area contributed by atoms with Crippen molar-refractivity contribution in [3.63, 3.8) is 0 Å².